The second-order valence-corrected chi connectivity index (χ2v) is 8.58. The second-order valence-electron chi connectivity index (χ2n) is 8.58. The van der Waals surface area contributed by atoms with Crippen LogP contribution in [0.2, 0.25) is 0 Å². The summed E-state index contributed by atoms with van der Waals surface area (Å²) in [7, 11) is 0. The van der Waals surface area contributed by atoms with Gasteiger partial charge in [-0.25, -0.2) is 9.97 Å². The van der Waals surface area contributed by atoms with Crippen molar-refractivity contribution < 1.29 is 14.3 Å². The summed E-state index contributed by atoms with van der Waals surface area (Å²) in [5.41, 5.74) is 6.95. The molecule has 0 N–H and O–H groups in total. The maximum absolute atomic E-state index is 12.2. The molecule has 35 heavy (non-hydrogen) atoms. The average molecular weight is 462 g/mol. The zero-order valence-electron chi connectivity index (χ0n) is 19.3. The molecule has 0 amide bonds. The number of benzene rings is 3. The number of fused-ring (bicyclic) bond motifs is 5. The van der Waals surface area contributed by atoms with Gasteiger partial charge in [0, 0.05) is 25.3 Å². The third-order valence-corrected chi connectivity index (χ3v) is 6.13. The number of esters is 1. The Morgan fingerprint density at radius 1 is 0.857 bits per heavy atom. The summed E-state index contributed by atoms with van der Waals surface area (Å²) in [6.07, 6.45) is 1.13. The average Bonchev–Trinajstić information content (AvgIpc) is 3.23. The minimum Gasteiger partial charge on any atom is -0.487 e. The molecule has 1 aliphatic heterocycles. The number of imidazole rings is 1. The van der Waals surface area contributed by atoms with Crippen LogP contribution in [-0.2, 0) is 24.2 Å². The Kier molecular flexibility index (Phi) is 5.26. The molecule has 1 aliphatic rings. The van der Waals surface area contributed by atoms with Gasteiger partial charge in [0.1, 0.15) is 18.1 Å². The standard InChI is InChI=1S/C29H23N3O3/c1-19(33)35-29-24(17-21-12-6-3-7-13-21)31-28-23(16-20-10-4-2-5-11-20)30-27-22-14-8-9-15-26(22)34-18-25(27)32(28)29/h2-15H,16-18H2,1H3. The van der Waals surface area contributed by atoms with Gasteiger partial charge in [-0.1, -0.05) is 72.8 Å². The highest BCUT2D eigenvalue weighted by molar-refractivity contribution is 5.75. The van der Waals surface area contributed by atoms with E-state index in [-0.39, 0.29) is 0 Å². The van der Waals surface area contributed by atoms with Crippen molar-refractivity contribution in [1.82, 2.24) is 14.4 Å². The van der Waals surface area contributed by atoms with Crippen molar-refractivity contribution in [3.8, 4) is 22.9 Å². The predicted octanol–water partition coefficient (Wildman–Crippen LogP) is 5.40. The Labute approximate surface area is 202 Å². The summed E-state index contributed by atoms with van der Waals surface area (Å²) < 4.78 is 13.8. The zero-order chi connectivity index (χ0) is 23.8. The number of carbonyl (C=O) groups excluding carboxylic acids is 1. The van der Waals surface area contributed by atoms with Gasteiger partial charge >= 0.3 is 5.97 Å². The fourth-order valence-electron chi connectivity index (χ4n) is 4.59. The Balaban J connectivity index is 1.62. The van der Waals surface area contributed by atoms with Crippen LogP contribution < -0.4 is 9.47 Å². The van der Waals surface area contributed by atoms with Gasteiger partial charge in [-0.3, -0.25) is 9.20 Å². The lowest BCUT2D eigenvalue weighted by Gasteiger charge is -2.22. The molecule has 3 heterocycles. The minimum absolute atomic E-state index is 0.302. The van der Waals surface area contributed by atoms with Crippen molar-refractivity contribution in [3.63, 3.8) is 0 Å². The molecule has 0 bridgehead atoms. The van der Waals surface area contributed by atoms with Gasteiger partial charge in [0.05, 0.1) is 17.1 Å². The van der Waals surface area contributed by atoms with Crippen LogP contribution in [0.15, 0.2) is 84.9 Å². The molecule has 0 unspecified atom stereocenters. The van der Waals surface area contributed by atoms with E-state index in [0.29, 0.717) is 36.7 Å². The van der Waals surface area contributed by atoms with Crippen LogP contribution in [0.4, 0.5) is 0 Å². The van der Waals surface area contributed by atoms with E-state index in [4.69, 9.17) is 19.4 Å². The van der Waals surface area contributed by atoms with Crippen molar-refractivity contribution in [3.05, 3.63) is 113 Å². The molecule has 0 radical (unpaired) electrons. The fraction of sp³-hybridized carbons (Fsp3) is 0.138. The number of para-hydroxylation sites is 1. The van der Waals surface area contributed by atoms with Crippen LogP contribution >= 0.6 is 0 Å². The second kappa shape index (κ2) is 8.72. The molecule has 172 valence electrons. The van der Waals surface area contributed by atoms with Crippen LogP contribution in [0.5, 0.6) is 11.6 Å². The van der Waals surface area contributed by atoms with Gasteiger partial charge in [0.15, 0.2) is 5.65 Å². The first kappa shape index (κ1) is 21.1. The predicted molar refractivity (Wildman–Crippen MR) is 133 cm³/mol. The maximum atomic E-state index is 12.2. The molecule has 6 rings (SSSR count). The summed E-state index contributed by atoms with van der Waals surface area (Å²) in [6.45, 7) is 1.72. The van der Waals surface area contributed by atoms with Gasteiger partial charge in [-0.05, 0) is 23.3 Å². The van der Waals surface area contributed by atoms with Gasteiger partial charge in [-0.15, -0.1) is 0 Å². The lowest BCUT2D eigenvalue weighted by molar-refractivity contribution is -0.132. The lowest BCUT2D eigenvalue weighted by atomic mass is 10.0. The van der Waals surface area contributed by atoms with E-state index >= 15 is 0 Å². The third kappa shape index (κ3) is 3.93. The van der Waals surface area contributed by atoms with Gasteiger partial charge in [0.2, 0.25) is 5.88 Å². The molecule has 0 saturated heterocycles. The molecule has 6 heteroatoms. The monoisotopic (exact) mass is 461 g/mol. The number of nitrogens with zero attached hydrogens (tertiary/aromatic N) is 3. The topological polar surface area (TPSA) is 65.7 Å². The fourth-order valence-corrected chi connectivity index (χ4v) is 4.59. The molecule has 0 atom stereocenters. The van der Waals surface area contributed by atoms with Crippen LogP contribution in [0, 0.1) is 0 Å². The Bertz CT molecular complexity index is 1540. The Morgan fingerprint density at radius 3 is 2.17 bits per heavy atom. The van der Waals surface area contributed by atoms with E-state index in [2.05, 4.69) is 12.1 Å². The summed E-state index contributed by atoms with van der Waals surface area (Å²) in [6, 6.07) is 28.1. The highest BCUT2D eigenvalue weighted by Gasteiger charge is 2.28. The van der Waals surface area contributed by atoms with Crippen LogP contribution in [0.3, 0.4) is 0 Å². The maximum Gasteiger partial charge on any atom is 0.309 e. The molecule has 0 saturated carbocycles. The van der Waals surface area contributed by atoms with Crippen molar-refractivity contribution in [2.75, 3.05) is 0 Å². The molecule has 0 spiro atoms. The molecule has 3 aromatic carbocycles. The normalized spacial score (nSPS) is 12.0. The molecule has 0 aliphatic carbocycles. The number of aromatic nitrogens is 3. The van der Waals surface area contributed by atoms with Crippen molar-refractivity contribution in [2.24, 2.45) is 0 Å². The molecule has 6 nitrogen and oxygen atoms in total. The summed E-state index contributed by atoms with van der Waals surface area (Å²) in [5, 5.41) is 0. The lowest BCUT2D eigenvalue weighted by Crippen LogP contribution is -2.16. The number of hydrogen-bond donors (Lipinski definition) is 0. The van der Waals surface area contributed by atoms with E-state index in [9.17, 15) is 4.79 Å². The SMILES string of the molecule is CC(=O)Oc1c(Cc2ccccc2)nc2c(Cc3ccccc3)nc3c(n12)COc1ccccc1-3. The highest BCUT2D eigenvalue weighted by atomic mass is 16.5. The van der Waals surface area contributed by atoms with Crippen LogP contribution in [-0.4, -0.2) is 20.3 Å². The summed E-state index contributed by atoms with van der Waals surface area (Å²) in [5.74, 6) is 0.817. The molecule has 5 aromatic rings. The smallest absolute Gasteiger partial charge is 0.309 e. The molecular weight excluding hydrogens is 438 g/mol. The van der Waals surface area contributed by atoms with E-state index in [1.54, 1.807) is 0 Å². The zero-order valence-corrected chi connectivity index (χ0v) is 19.3. The van der Waals surface area contributed by atoms with Crippen molar-refractivity contribution in [1.29, 1.82) is 0 Å². The van der Waals surface area contributed by atoms with Gasteiger partial charge < -0.3 is 9.47 Å². The minimum atomic E-state index is -0.395. The largest absolute Gasteiger partial charge is 0.487 e. The highest BCUT2D eigenvalue weighted by Crippen LogP contribution is 2.39. The van der Waals surface area contributed by atoms with E-state index < -0.39 is 5.97 Å². The van der Waals surface area contributed by atoms with E-state index in [1.165, 1.54) is 6.92 Å². The van der Waals surface area contributed by atoms with Crippen LogP contribution in [0.25, 0.3) is 16.9 Å². The first-order chi connectivity index (χ1) is 17.2. The number of hydrogen-bond acceptors (Lipinski definition) is 5. The van der Waals surface area contributed by atoms with Crippen molar-refractivity contribution >= 4 is 11.6 Å². The first-order valence-corrected chi connectivity index (χ1v) is 11.6. The number of ether oxygens (including phenoxy) is 2. The molecular formula is C29H23N3O3. The van der Waals surface area contributed by atoms with Gasteiger partial charge in [-0.2, -0.15) is 0 Å². The summed E-state index contributed by atoms with van der Waals surface area (Å²) in [4.78, 5) is 22.3. The number of carbonyl (C=O) groups is 1. The van der Waals surface area contributed by atoms with Gasteiger partial charge in [0.25, 0.3) is 0 Å². The van der Waals surface area contributed by atoms with Crippen molar-refractivity contribution in [2.45, 2.75) is 26.4 Å². The Morgan fingerprint density at radius 2 is 1.49 bits per heavy atom. The third-order valence-electron chi connectivity index (χ3n) is 6.13. The molecule has 0 fully saturated rings. The quantitative estimate of drug-likeness (QED) is 0.328. The van der Waals surface area contributed by atoms with Crippen LogP contribution in [0.1, 0.15) is 35.1 Å². The number of rotatable bonds is 5. The first-order valence-electron chi connectivity index (χ1n) is 11.6. The molecule has 2 aromatic heterocycles. The van der Waals surface area contributed by atoms with E-state index in [1.807, 2.05) is 77.2 Å². The van der Waals surface area contributed by atoms with E-state index in [0.717, 1.165) is 39.5 Å². The Hall–Kier alpha value is -4.45. The summed E-state index contributed by atoms with van der Waals surface area (Å²) >= 11 is 0.